The minimum Gasteiger partial charge on any atom is -0.314 e. The quantitative estimate of drug-likeness (QED) is 0.128. The van der Waals surface area contributed by atoms with Crippen molar-refractivity contribution in [2.75, 3.05) is 0 Å². The SMILES string of the molecule is FC(F)(F)c1nc2cc(-c3ccccc3-c3cc(-c4ccccc4-c4ccc(-c5[c-]cccc5)nc4)cc(-c4ccccc4-c4ccc(-c5[c-]ccc(-c6ccc(-c7ccccc7)cc6)c5)nc4)c3)c[c-]c2c2nc3ccccc3n12.[Ir+3]. The Labute approximate surface area is 485 Å². The summed E-state index contributed by atoms with van der Waals surface area (Å²) < 4.78 is 45.9. The zero-order valence-corrected chi connectivity index (χ0v) is 45.9. The first-order valence-corrected chi connectivity index (χ1v) is 26.5. The van der Waals surface area contributed by atoms with Crippen LogP contribution in [0, 0.1) is 18.2 Å². The van der Waals surface area contributed by atoms with Crippen molar-refractivity contribution in [3.63, 3.8) is 0 Å². The number of imidazole rings is 1. The van der Waals surface area contributed by atoms with Gasteiger partial charge < -0.3 is 14.4 Å². The number of alkyl halides is 3. The van der Waals surface area contributed by atoms with E-state index in [0.717, 1.165) is 105 Å². The fourth-order valence-electron chi connectivity index (χ4n) is 11.0. The van der Waals surface area contributed by atoms with Crippen molar-refractivity contribution in [1.29, 1.82) is 0 Å². The summed E-state index contributed by atoms with van der Waals surface area (Å²) in [7, 11) is 0. The van der Waals surface area contributed by atoms with E-state index in [9.17, 15) is 13.2 Å². The molecule has 14 rings (SSSR count). The topological polar surface area (TPSA) is 56.0 Å². The second kappa shape index (κ2) is 21.6. The summed E-state index contributed by atoms with van der Waals surface area (Å²) >= 11 is 0. The molecule has 0 aliphatic rings. The molecule has 4 aromatic heterocycles. The zero-order valence-electron chi connectivity index (χ0n) is 43.5. The van der Waals surface area contributed by atoms with Gasteiger partial charge in [-0.25, -0.2) is 0 Å². The third-order valence-corrected chi connectivity index (χ3v) is 14.9. The Balaban J connectivity index is 0.00000631. The van der Waals surface area contributed by atoms with Crippen LogP contribution < -0.4 is 0 Å². The van der Waals surface area contributed by atoms with Gasteiger partial charge in [-0.3, -0.25) is 9.97 Å². The average molecular weight is 1240 g/mol. The molecule has 0 spiro atoms. The third-order valence-electron chi connectivity index (χ3n) is 14.9. The Morgan fingerprint density at radius 1 is 0.354 bits per heavy atom. The molecule has 0 radical (unpaired) electrons. The molecule has 0 fully saturated rings. The van der Waals surface area contributed by atoms with Gasteiger partial charge in [0.1, 0.15) is 0 Å². The van der Waals surface area contributed by atoms with E-state index in [1.54, 1.807) is 30.3 Å². The monoisotopic (exact) mass is 1240 g/mol. The van der Waals surface area contributed by atoms with E-state index in [2.05, 4.69) is 156 Å². The summed E-state index contributed by atoms with van der Waals surface area (Å²) in [5, 5.41) is 0.390. The molecular formula is C73H43F3IrN5. The van der Waals surface area contributed by atoms with Gasteiger partial charge in [-0.15, -0.1) is 89.5 Å². The van der Waals surface area contributed by atoms with Crippen LogP contribution in [-0.4, -0.2) is 24.3 Å². The maximum absolute atomic E-state index is 15.0. The minimum absolute atomic E-state index is 0. The zero-order chi connectivity index (χ0) is 54.4. The van der Waals surface area contributed by atoms with Gasteiger partial charge in [0.25, 0.3) is 0 Å². The van der Waals surface area contributed by atoms with Crippen molar-refractivity contribution in [3.8, 4) is 112 Å². The number of fused-ring (bicyclic) bond motifs is 5. The van der Waals surface area contributed by atoms with Crippen molar-refractivity contribution in [3.05, 3.63) is 285 Å². The van der Waals surface area contributed by atoms with Gasteiger partial charge in [-0.1, -0.05) is 180 Å². The van der Waals surface area contributed by atoms with Gasteiger partial charge in [-0.05, 0) is 120 Å². The van der Waals surface area contributed by atoms with E-state index < -0.39 is 12.0 Å². The third kappa shape index (κ3) is 9.76. The van der Waals surface area contributed by atoms with Gasteiger partial charge >= 0.3 is 26.3 Å². The number of rotatable bonds is 10. The molecule has 0 unspecified atom stereocenters. The van der Waals surface area contributed by atoms with E-state index in [0.29, 0.717) is 22.0 Å². The van der Waals surface area contributed by atoms with Gasteiger partial charge in [0.05, 0.1) is 16.7 Å². The maximum Gasteiger partial charge on any atom is 3.00 e. The molecule has 0 bridgehead atoms. The van der Waals surface area contributed by atoms with Crippen molar-refractivity contribution in [2.24, 2.45) is 0 Å². The van der Waals surface area contributed by atoms with Crippen LogP contribution in [0.4, 0.5) is 13.2 Å². The van der Waals surface area contributed by atoms with Crippen molar-refractivity contribution in [2.45, 2.75) is 6.18 Å². The van der Waals surface area contributed by atoms with Crippen LogP contribution in [0.5, 0.6) is 0 Å². The van der Waals surface area contributed by atoms with E-state index in [4.69, 9.17) is 9.97 Å². The first-order valence-electron chi connectivity index (χ1n) is 26.5. The number of hydrogen-bond donors (Lipinski definition) is 0. The van der Waals surface area contributed by atoms with Crippen LogP contribution in [0.15, 0.2) is 261 Å². The summed E-state index contributed by atoms with van der Waals surface area (Å²) in [6, 6.07) is 92.8. The molecule has 14 aromatic rings. The molecule has 10 aromatic carbocycles. The molecule has 0 aliphatic carbocycles. The molecule has 0 saturated heterocycles. The first-order chi connectivity index (χ1) is 39.8. The molecule has 9 heteroatoms. The van der Waals surface area contributed by atoms with Crippen molar-refractivity contribution >= 4 is 27.6 Å². The maximum atomic E-state index is 15.0. The summed E-state index contributed by atoms with van der Waals surface area (Å²) in [6.07, 6.45) is -0.921. The molecule has 0 aliphatic heterocycles. The number of para-hydroxylation sites is 2. The van der Waals surface area contributed by atoms with E-state index in [-0.39, 0.29) is 31.3 Å². The number of pyridine rings is 2. The van der Waals surface area contributed by atoms with Gasteiger partial charge in [0.2, 0.25) is 5.82 Å². The smallest absolute Gasteiger partial charge is 0.314 e. The standard InChI is InChI=1S/C73H43F3N5.Ir/c74-73(75,76)72-80-69-44-52(34-37-65(69)71-79-68-28-13-14-29-70(68)81(71)72)59-22-7-10-25-62(59)56-41-57(63-26-11-8-23-60(63)54-35-38-66(77-45-54)50-18-5-2-6-19-50)43-58(42-56)64-27-12-9-24-61(64)55-36-39-67(78-46-55)53-21-15-20-51(40-53)49-32-30-48(31-33-49)47-16-3-1-4-17-47;/h1-18,20,22-36,38-46H;/q-3;+3. The van der Waals surface area contributed by atoms with Gasteiger partial charge in [-0.2, -0.15) is 13.2 Å². The Kier molecular flexibility index (Phi) is 13.6. The molecule has 82 heavy (non-hydrogen) atoms. The molecule has 390 valence electrons. The van der Waals surface area contributed by atoms with Crippen molar-refractivity contribution < 1.29 is 33.3 Å². The Hall–Kier alpha value is -9.92. The summed E-state index contributed by atoms with van der Waals surface area (Å²) in [5.74, 6) is -1.05. The number of benzene rings is 10. The normalized spacial score (nSPS) is 11.5. The summed E-state index contributed by atoms with van der Waals surface area (Å²) in [5.41, 5.74) is 20.0. The Morgan fingerprint density at radius 3 is 1.40 bits per heavy atom. The molecule has 0 N–H and O–H groups in total. The Bertz CT molecular complexity index is 4660. The molecule has 5 nitrogen and oxygen atoms in total. The molecular weight excluding hydrogens is 1200 g/mol. The predicted molar refractivity (Wildman–Crippen MR) is 319 cm³/mol. The summed E-state index contributed by atoms with van der Waals surface area (Å²) in [4.78, 5) is 18.9. The van der Waals surface area contributed by atoms with Crippen LogP contribution in [-0.2, 0) is 26.3 Å². The fraction of sp³-hybridized carbons (Fsp3) is 0.0137. The second-order valence-electron chi connectivity index (χ2n) is 19.9. The predicted octanol–water partition coefficient (Wildman–Crippen LogP) is 18.9. The van der Waals surface area contributed by atoms with Crippen LogP contribution in [0.2, 0.25) is 0 Å². The minimum atomic E-state index is -4.76. The number of halogens is 3. The molecule has 4 heterocycles. The van der Waals surface area contributed by atoms with Gasteiger partial charge in [0, 0.05) is 12.4 Å². The number of aromatic nitrogens is 5. The fourth-order valence-corrected chi connectivity index (χ4v) is 11.0. The van der Waals surface area contributed by atoms with Crippen LogP contribution in [0.3, 0.4) is 0 Å². The number of hydrogen-bond acceptors (Lipinski definition) is 4. The molecule has 0 saturated carbocycles. The average Bonchev–Trinajstić information content (AvgIpc) is 4.10. The van der Waals surface area contributed by atoms with Crippen LogP contribution in [0.25, 0.3) is 139 Å². The first kappa shape index (κ1) is 51.5. The second-order valence-corrected chi connectivity index (χ2v) is 19.9. The van der Waals surface area contributed by atoms with E-state index in [1.165, 1.54) is 5.56 Å². The van der Waals surface area contributed by atoms with Crippen molar-refractivity contribution in [1.82, 2.24) is 24.3 Å². The van der Waals surface area contributed by atoms with Crippen LogP contribution >= 0.6 is 0 Å². The molecule has 0 atom stereocenters. The Morgan fingerprint density at radius 2 is 0.841 bits per heavy atom. The van der Waals surface area contributed by atoms with Gasteiger partial charge in [0.15, 0.2) is 0 Å². The largest absolute Gasteiger partial charge is 3.00 e. The summed E-state index contributed by atoms with van der Waals surface area (Å²) in [6.45, 7) is 0. The molecule has 0 amide bonds. The van der Waals surface area contributed by atoms with E-state index >= 15 is 0 Å². The number of nitrogens with zero attached hydrogens (tertiary/aromatic N) is 5. The van der Waals surface area contributed by atoms with E-state index in [1.807, 2.05) is 103 Å². The van der Waals surface area contributed by atoms with Crippen LogP contribution in [0.1, 0.15) is 5.82 Å².